The number of aliphatic hydroxyl groups excluding tert-OH is 1. The van der Waals surface area contributed by atoms with Gasteiger partial charge in [-0.25, -0.2) is 0 Å². The molecule has 1 amide bonds. The zero-order chi connectivity index (χ0) is 13.9. The number of carbonyl (C=O) groups is 1. The Morgan fingerprint density at radius 3 is 3.00 bits per heavy atom. The van der Waals surface area contributed by atoms with Gasteiger partial charge in [-0.1, -0.05) is 11.6 Å². The molecule has 20 heavy (non-hydrogen) atoms. The first-order valence-corrected chi connectivity index (χ1v) is 7.38. The van der Waals surface area contributed by atoms with E-state index in [0.29, 0.717) is 18.7 Å². The molecule has 0 atom stereocenters. The van der Waals surface area contributed by atoms with Gasteiger partial charge in [0.2, 0.25) is 5.91 Å². The van der Waals surface area contributed by atoms with Crippen LogP contribution in [0, 0.1) is 0 Å². The third kappa shape index (κ3) is 2.77. The summed E-state index contributed by atoms with van der Waals surface area (Å²) >= 11 is 0. The summed E-state index contributed by atoms with van der Waals surface area (Å²) in [5, 5.41) is 13.5. The average molecular weight is 275 g/mol. The second kappa shape index (κ2) is 5.79. The van der Waals surface area contributed by atoms with Gasteiger partial charge >= 0.3 is 0 Å². The normalized spacial score (nSPS) is 18.6. The third-order valence-electron chi connectivity index (χ3n) is 4.09. The number of aromatic nitrogens is 2. The molecule has 108 valence electrons. The molecule has 2 heterocycles. The quantitative estimate of drug-likeness (QED) is 0.853. The Balaban J connectivity index is 1.69. The second-order valence-electron chi connectivity index (χ2n) is 5.61. The molecular formula is C15H21N3O2. The van der Waals surface area contributed by atoms with E-state index in [-0.39, 0.29) is 12.5 Å². The molecule has 1 aliphatic heterocycles. The Bertz CT molecular complexity index is 533. The molecule has 0 bridgehead atoms. The van der Waals surface area contributed by atoms with E-state index in [1.54, 1.807) is 0 Å². The predicted molar refractivity (Wildman–Crippen MR) is 74.7 cm³/mol. The van der Waals surface area contributed by atoms with Crippen molar-refractivity contribution in [2.24, 2.45) is 0 Å². The predicted octanol–water partition coefficient (Wildman–Crippen LogP) is 1.61. The summed E-state index contributed by atoms with van der Waals surface area (Å²) < 4.78 is 1.92. The van der Waals surface area contributed by atoms with Crippen molar-refractivity contribution in [2.75, 3.05) is 6.54 Å². The van der Waals surface area contributed by atoms with Gasteiger partial charge in [0.25, 0.3) is 0 Å². The summed E-state index contributed by atoms with van der Waals surface area (Å²) in [6.07, 6.45) is 7.09. The van der Waals surface area contributed by atoms with Crippen molar-refractivity contribution in [3.05, 3.63) is 29.1 Å². The van der Waals surface area contributed by atoms with Gasteiger partial charge in [0.05, 0.1) is 24.5 Å². The van der Waals surface area contributed by atoms with Crippen LogP contribution >= 0.6 is 0 Å². The number of carbonyl (C=O) groups excluding carboxylic acids is 1. The average Bonchev–Trinajstić information content (AvgIpc) is 3.04. The number of fused-ring (bicyclic) bond motifs is 1. The van der Waals surface area contributed by atoms with Crippen LogP contribution in [0.5, 0.6) is 0 Å². The minimum atomic E-state index is -0.0408. The van der Waals surface area contributed by atoms with Crippen molar-refractivity contribution in [1.82, 2.24) is 14.7 Å². The minimum absolute atomic E-state index is 0.0408. The standard InChI is InChI=1S/C15H21N3O2/c19-11-13-9-14-10-17(6-3-7-18(14)16-13)15(20)8-12-4-1-2-5-12/h4,9,19H,1-3,5-8,10-11H2. The lowest BCUT2D eigenvalue weighted by Crippen LogP contribution is -2.30. The Morgan fingerprint density at radius 2 is 2.25 bits per heavy atom. The fraction of sp³-hybridized carbons (Fsp3) is 0.600. The van der Waals surface area contributed by atoms with Gasteiger partial charge in [-0.15, -0.1) is 0 Å². The Labute approximate surface area is 118 Å². The largest absolute Gasteiger partial charge is 0.390 e. The van der Waals surface area contributed by atoms with Crippen molar-refractivity contribution < 1.29 is 9.90 Å². The van der Waals surface area contributed by atoms with Gasteiger partial charge in [-0.2, -0.15) is 5.10 Å². The van der Waals surface area contributed by atoms with E-state index in [2.05, 4.69) is 11.2 Å². The number of aryl methyl sites for hydroxylation is 1. The molecule has 5 heteroatoms. The van der Waals surface area contributed by atoms with Crippen LogP contribution in [-0.2, 0) is 24.5 Å². The molecule has 0 radical (unpaired) electrons. The summed E-state index contributed by atoms with van der Waals surface area (Å²) in [7, 11) is 0. The first kappa shape index (κ1) is 13.4. The highest BCUT2D eigenvalue weighted by atomic mass is 16.3. The second-order valence-corrected chi connectivity index (χ2v) is 5.61. The lowest BCUT2D eigenvalue weighted by Gasteiger charge is -2.20. The summed E-state index contributed by atoms with van der Waals surface area (Å²) in [6.45, 7) is 2.19. The van der Waals surface area contributed by atoms with Crippen LogP contribution in [0.15, 0.2) is 17.7 Å². The molecule has 0 saturated heterocycles. The van der Waals surface area contributed by atoms with Crippen LogP contribution < -0.4 is 0 Å². The molecule has 0 spiro atoms. The maximum absolute atomic E-state index is 12.4. The summed E-state index contributed by atoms with van der Waals surface area (Å²) in [6, 6.07) is 1.90. The number of nitrogens with zero attached hydrogens (tertiary/aromatic N) is 3. The van der Waals surface area contributed by atoms with Crippen LogP contribution in [0.3, 0.4) is 0 Å². The maximum atomic E-state index is 12.4. The van der Waals surface area contributed by atoms with Crippen molar-refractivity contribution in [3.8, 4) is 0 Å². The fourth-order valence-corrected chi connectivity index (χ4v) is 3.02. The molecule has 0 saturated carbocycles. The van der Waals surface area contributed by atoms with E-state index in [9.17, 15) is 4.79 Å². The molecule has 1 aliphatic carbocycles. The van der Waals surface area contributed by atoms with E-state index in [4.69, 9.17) is 5.11 Å². The molecule has 5 nitrogen and oxygen atoms in total. The smallest absolute Gasteiger partial charge is 0.227 e. The highest BCUT2D eigenvalue weighted by Crippen LogP contribution is 2.22. The lowest BCUT2D eigenvalue weighted by molar-refractivity contribution is -0.131. The SMILES string of the molecule is O=C(CC1=CCCC1)N1CCCn2nc(CO)cc2C1. The van der Waals surface area contributed by atoms with Gasteiger partial charge in [0, 0.05) is 19.5 Å². The Hall–Kier alpha value is -1.62. The van der Waals surface area contributed by atoms with Crippen LogP contribution in [0.2, 0.25) is 0 Å². The first-order chi connectivity index (χ1) is 9.76. The summed E-state index contributed by atoms with van der Waals surface area (Å²) in [5.74, 6) is 0.221. The number of hydrogen-bond donors (Lipinski definition) is 1. The number of aliphatic hydroxyl groups is 1. The topological polar surface area (TPSA) is 58.4 Å². The van der Waals surface area contributed by atoms with Gasteiger partial charge in [-0.3, -0.25) is 9.48 Å². The maximum Gasteiger partial charge on any atom is 0.227 e. The van der Waals surface area contributed by atoms with Crippen molar-refractivity contribution in [1.29, 1.82) is 0 Å². The lowest BCUT2D eigenvalue weighted by atomic mass is 10.1. The number of rotatable bonds is 3. The van der Waals surface area contributed by atoms with Gasteiger partial charge in [0.15, 0.2) is 0 Å². The highest BCUT2D eigenvalue weighted by Gasteiger charge is 2.21. The first-order valence-electron chi connectivity index (χ1n) is 7.38. The van der Waals surface area contributed by atoms with E-state index in [1.807, 2.05) is 15.6 Å². The van der Waals surface area contributed by atoms with Gasteiger partial charge < -0.3 is 10.0 Å². The van der Waals surface area contributed by atoms with Gasteiger partial charge in [-0.05, 0) is 31.7 Å². The zero-order valence-electron chi connectivity index (χ0n) is 11.7. The molecule has 3 rings (SSSR count). The number of hydrogen-bond acceptors (Lipinski definition) is 3. The molecule has 0 aromatic carbocycles. The molecule has 0 unspecified atom stereocenters. The molecule has 2 aliphatic rings. The van der Waals surface area contributed by atoms with Crippen molar-refractivity contribution in [2.45, 2.75) is 51.8 Å². The van der Waals surface area contributed by atoms with Crippen LogP contribution in [0.25, 0.3) is 0 Å². The molecule has 1 N–H and O–H groups in total. The number of amides is 1. The van der Waals surface area contributed by atoms with E-state index in [0.717, 1.165) is 38.0 Å². The van der Waals surface area contributed by atoms with Crippen LogP contribution in [-0.4, -0.2) is 32.2 Å². The minimum Gasteiger partial charge on any atom is -0.390 e. The fourth-order valence-electron chi connectivity index (χ4n) is 3.02. The zero-order valence-corrected chi connectivity index (χ0v) is 11.7. The number of allylic oxidation sites excluding steroid dienone is 1. The summed E-state index contributed by atoms with van der Waals surface area (Å²) in [5.41, 5.74) is 3.01. The highest BCUT2D eigenvalue weighted by molar-refractivity contribution is 5.78. The van der Waals surface area contributed by atoms with Crippen molar-refractivity contribution >= 4 is 5.91 Å². The molecular weight excluding hydrogens is 254 g/mol. The molecule has 1 aromatic rings. The van der Waals surface area contributed by atoms with Crippen LogP contribution in [0.1, 0.15) is 43.5 Å². The van der Waals surface area contributed by atoms with E-state index < -0.39 is 0 Å². The van der Waals surface area contributed by atoms with Crippen LogP contribution in [0.4, 0.5) is 0 Å². The van der Waals surface area contributed by atoms with E-state index in [1.165, 1.54) is 12.0 Å². The van der Waals surface area contributed by atoms with Crippen molar-refractivity contribution in [3.63, 3.8) is 0 Å². The van der Waals surface area contributed by atoms with E-state index >= 15 is 0 Å². The third-order valence-corrected chi connectivity index (χ3v) is 4.09. The Kier molecular flexibility index (Phi) is 3.87. The molecule has 0 fully saturated rings. The monoisotopic (exact) mass is 275 g/mol. The summed E-state index contributed by atoms with van der Waals surface area (Å²) in [4.78, 5) is 14.3. The molecule has 1 aromatic heterocycles. The van der Waals surface area contributed by atoms with Gasteiger partial charge in [0.1, 0.15) is 0 Å². The Morgan fingerprint density at radius 1 is 1.35 bits per heavy atom.